The lowest BCUT2D eigenvalue weighted by Crippen LogP contribution is -2.02. The number of rotatable bonds is 11. The smallest absolute Gasteiger partial charge is 0.147 e. The number of unbranched alkanes of at least 4 members (excludes halogenated alkanes) is 1. The van der Waals surface area contributed by atoms with E-state index in [1.54, 1.807) is 24.3 Å². The van der Waals surface area contributed by atoms with Gasteiger partial charge in [-0.15, -0.1) is 0 Å². The lowest BCUT2D eigenvalue weighted by atomic mass is 10.1. The monoisotopic (exact) mass is 595 g/mol. The molecule has 10 heteroatoms. The Labute approximate surface area is 244 Å². The highest BCUT2D eigenvalue weighted by molar-refractivity contribution is 7.90. The zero-order valence-electron chi connectivity index (χ0n) is 21.7. The van der Waals surface area contributed by atoms with Crippen LogP contribution in [0.25, 0.3) is 22.2 Å². The molecule has 0 aliphatic heterocycles. The average molecular weight is 596 g/mol. The van der Waals surface area contributed by atoms with Crippen molar-refractivity contribution in [2.75, 3.05) is 17.3 Å². The van der Waals surface area contributed by atoms with Crippen molar-refractivity contribution in [3.8, 4) is 17.1 Å². The largest absolute Gasteiger partial charge is 0.487 e. The Kier molecular flexibility index (Phi) is 9.62. The maximum atomic E-state index is 13.4. The molecule has 0 atom stereocenters. The SMILES string of the molecule is C.CS(=O)(=O)CCCCc1ccc(-c2ccc3ncnc(Nc4ccc(OCc5cccc(F)c5)c(Cl)c4)c3c2)o1. The molecule has 0 saturated heterocycles. The van der Waals surface area contributed by atoms with Crippen LogP contribution in [0.4, 0.5) is 15.9 Å². The van der Waals surface area contributed by atoms with Crippen LogP contribution in [0.2, 0.25) is 5.02 Å². The Morgan fingerprint density at radius 1 is 1.00 bits per heavy atom. The minimum absolute atomic E-state index is 0. The molecule has 41 heavy (non-hydrogen) atoms. The highest BCUT2D eigenvalue weighted by Crippen LogP contribution is 2.33. The Hall–Kier alpha value is -3.95. The van der Waals surface area contributed by atoms with Gasteiger partial charge in [0.2, 0.25) is 0 Å². The number of aryl methyl sites for hydroxylation is 1. The van der Waals surface area contributed by atoms with Gasteiger partial charge in [-0.1, -0.05) is 31.2 Å². The van der Waals surface area contributed by atoms with Crippen LogP contribution < -0.4 is 10.1 Å². The van der Waals surface area contributed by atoms with Gasteiger partial charge in [0, 0.05) is 35.1 Å². The standard InChI is InChI=1S/C30H27ClFN3O4S.CH4/c1-40(36,37)14-3-2-7-24-10-13-28(39-24)21-8-11-27-25(16-21)30(34-19-33-27)35-23-9-12-29(26(31)17-23)38-18-20-5-4-6-22(32)15-20;/h4-6,8-13,15-17,19H,2-3,7,14,18H2,1H3,(H,33,34,35);1H4. The van der Waals surface area contributed by atoms with Gasteiger partial charge in [-0.2, -0.15) is 0 Å². The van der Waals surface area contributed by atoms with E-state index in [-0.39, 0.29) is 25.6 Å². The van der Waals surface area contributed by atoms with Gasteiger partial charge in [-0.25, -0.2) is 22.8 Å². The van der Waals surface area contributed by atoms with Gasteiger partial charge in [-0.05, 0) is 79.1 Å². The van der Waals surface area contributed by atoms with Crippen LogP contribution in [0.15, 0.2) is 83.5 Å². The third kappa shape index (κ3) is 8.05. The first-order chi connectivity index (χ1) is 19.2. The normalized spacial score (nSPS) is 11.3. The minimum Gasteiger partial charge on any atom is -0.487 e. The molecule has 214 valence electrons. The van der Waals surface area contributed by atoms with Crippen molar-refractivity contribution in [1.82, 2.24) is 9.97 Å². The summed E-state index contributed by atoms with van der Waals surface area (Å²) in [6, 6.07) is 21.2. The number of aromatic nitrogens is 2. The van der Waals surface area contributed by atoms with E-state index < -0.39 is 9.84 Å². The molecule has 2 heterocycles. The van der Waals surface area contributed by atoms with Gasteiger partial charge in [0.25, 0.3) is 0 Å². The first-order valence-electron chi connectivity index (χ1n) is 12.7. The Bertz CT molecular complexity index is 1760. The third-order valence-electron chi connectivity index (χ3n) is 6.25. The number of hydrogen-bond donors (Lipinski definition) is 1. The number of nitrogens with zero attached hydrogens (tertiary/aromatic N) is 2. The Morgan fingerprint density at radius 3 is 2.63 bits per heavy atom. The summed E-state index contributed by atoms with van der Waals surface area (Å²) in [5.41, 5.74) is 3.04. The van der Waals surface area contributed by atoms with Crippen LogP contribution in [0.5, 0.6) is 5.75 Å². The zero-order chi connectivity index (χ0) is 28.1. The first-order valence-corrected chi connectivity index (χ1v) is 15.1. The fraction of sp³-hybridized carbons (Fsp3) is 0.226. The van der Waals surface area contributed by atoms with Crippen molar-refractivity contribution in [2.24, 2.45) is 0 Å². The zero-order valence-corrected chi connectivity index (χ0v) is 23.3. The summed E-state index contributed by atoms with van der Waals surface area (Å²) in [4.78, 5) is 8.82. The van der Waals surface area contributed by atoms with Gasteiger partial charge in [0.15, 0.2) is 0 Å². The molecule has 2 aromatic heterocycles. The molecular formula is C31H31ClFN3O4S. The van der Waals surface area contributed by atoms with Crippen LogP contribution in [0.3, 0.4) is 0 Å². The van der Waals surface area contributed by atoms with Crippen molar-refractivity contribution in [3.05, 3.63) is 101 Å². The topological polar surface area (TPSA) is 94.3 Å². The summed E-state index contributed by atoms with van der Waals surface area (Å²) in [5, 5.41) is 4.51. The summed E-state index contributed by atoms with van der Waals surface area (Å²) in [6.45, 7) is 0.193. The third-order valence-corrected chi connectivity index (χ3v) is 7.57. The number of benzene rings is 3. The predicted octanol–water partition coefficient (Wildman–Crippen LogP) is 8.01. The van der Waals surface area contributed by atoms with E-state index in [0.717, 1.165) is 28.6 Å². The summed E-state index contributed by atoms with van der Waals surface area (Å²) in [6.07, 6.45) is 4.74. The van der Waals surface area contributed by atoms with Gasteiger partial charge in [0.05, 0.1) is 10.5 Å². The molecule has 0 amide bonds. The molecule has 3 aromatic carbocycles. The number of hydrogen-bond acceptors (Lipinski definition) is 7. The van der Waals surface area contributed by atoms with Gasteiger partial charge >= 0.3 is 0 Å². The second kappa shape index (κ2) is 13.1. The van der Waals surface area contributed by atoms with E-state index in [2.05, 4.69) is 15.3 Å². The summed E-state index contributed by atoms with van der Waals surface area (Å²) >= 11 is 6.47. The quantitative estimate of drug-likeness (QED) is 0.155. The number of halogens is 2. The van der Waals surface area contributed by atoms with Crippen LogP contribution in [-0.4, -0.2) is 30.4 Å². The number of sulfone groups is 1. The van der Waals surface area contributed by atoms with Crippen molar-refractivity contribution < 1.29 is 22.0 Å². The maximum absolute atomic E-state index is 13.4. The van der Waals surface area contributed by atoms with Crippen LogP contribution >= 0.6 is 11.6 Å². The van der Waals surface area contributed by atoms with Crippen LogP contribution in [0.1, 0.15) is 31.6 Å². The predicted molar refractivity (Wildman–Crippen MR) is 162 cm³/mol. The molecule has 0 bridgehead atoms. The Morgan fingerprint density at radius 2 is 1.85 bits per heavy atom. The molecule has 0 radical (unpaired) electrons. The van der Waals surface area contributed by atoms with Crippen molar-refractivity contribution in [2.45, 2.75) is 33.3 Å². The molecule has 0 aliphatic rings. The lowest BCUT2D eigenvalue weighted by Gasteiger charge is -2.12. The highest BCUT2D eigenvalue weighted by atomic mass is 35.5. The molecular weight excluding hydrogens is 565 g/mol. The second-order valence-corrected chi connectivity index (χ2v) is 12.2. The van der Waals surface area contributed by atoms with E-state index in [1.165, 1.54) is 24.7 Å². The average Bonchev–Trinajstić information content (AvgIpc) is 3.39. The number of furan rings is 1. The molecule has 5 aromatic rings. The highest BCUT2D eigenvalue weighted by Gasteiger charge is 2.12. The Balaban J connectivity index is 0.00000387. The van der Waals surface area contributed by atoms with Crippen LogP contribution in [-0.2, 0) is 22.9 Å². The molecule has 0 fully saturated rings. The molecule has 0 spiro atoms. The molecule has 0 unspecified atom stereocenters. The number of nitrogens with one attached hydrogen (secondary N) is 1. The lowest BCUT2D eigenvalue weighted by molar-refractivity contribution is 0.306. The summed E-state index contributed by atoms with van der Waals surface area (Å²) < 4.78 is 47.9. The van der Waals surface area contributed by atoms with Gasteiger partial charge in [-0.3, -0.25) is 0 Å². The first kappa shape index (κ1) is 30.0. The number of anilines is 2. The summed E-state index contributed by atoms with van der Waals surface area (Å²) in [7, 11) is -2.96. The van der Waals surface area contributed by atoms with E-state index >= 15 is 0 Å². The summed E-state index contributed by atoms with van der Waals surface area (Å²) in [5.74, 6) is 2.46. The van der Waals surface area contributed by atoms with Crippen molar-refractivity contribution >= 4 is 43.8 Å². The van der Waals surface area contributed by atoms with Gasteiger partial charge < -0.3 is 14.5 Å². The molecule has 5 rings (SSSR count). The van der Waals surface area contributed by atoms with Crippen LogP contribution in [0, 0.1) is 5.82 Å². The van der Waals surface area contributed by atoms with Crippen molar-refractivity contribution in [3.63, 3.8) is 0 Å². The molecule has 0 aliphatic carbocycles. The van der Waals surface area contributed by atoms with Gasteiger partial charge in [0.1, 0.15) is 51.7 Å². The molecule has 0 saturated carbocycles. The maximum Gasteiger partial charge on any atom is 0.147 e. The molecule has 1 N–H and O–H groups in total. The van der Waals surface area contributed by atoms with E-state index in [0.29, 0.717) is 46.4 Å². The number of ether oxygens (including phenoxy) is 1. The number of fused-ring (bicyclic) bond motifs is 1. The van der Waals surface area contributed by atoms with E-state index in [9.17, 15) is 12.8 Å². The van der Waals surface area contributed by atoms with E-state index in [4.69, 9.17) is 20.8 Å². The minimum atomic E-state index is -2.96. The fourth-order valence-corrected chi connectivity index (χ4v) is 5.22. The van der Waals surface area contributed by atoms with Crippen molar-refractivity contribution in [1.29, 1.82) is 0 Å². The van der Waals surface area contributed by atoms with E-state index in [1.807, 2.05) is 36.4 Å². The fourth-order valence-electron chi connectivity index (χ4n) is 4.26. The molecule has 7 nitrogen and oxygen atoms in total. The second-order valence-electron chi connectivity index (χ2n) is 9.50.